The fourth-order valence-corrected chi connectivity index (χ4v) is 4.01. The molecule has 2 aromatic carbocycles. The van der Waals surface area contributed by atoms with E-state index in [0.717, 1.165) is 21.1 Å². The molecule has 0 spiro atoms. The Hall–Kier alpha value is -2.29. The van der Waals surface area contributed by atoms with Crippen molar-refractivity contribution < 1.29 is 19.1 Å². The van der Waals surface area contributed by atoms with Crippen LogP contribution in [0, 0.1) is 0 Å². The molecule has 0 bridgehead atoms. The fourth-order valence-electron chi connectivity index (χ4n) is 2.61. The highest BCUT2D eigenvalue weighted by Gasteiger charge is 2.36. The Morgan fingerprint density at radius 1 is 1.28 bits per heavy atom. The lowest BCUT2D eigenvalue weighted by molar-refractivity contribution is -0.127. The first-order valence-corrected chi connectivity index (χ1v) is 10.6. The second-order valence-electron chi connectivity index (χ2n) is 5.94. The first-order valence-electron chi connectivity index (χ1n) is 8.60. The highest BCUT2D eigenvalue weighted by Crippen LogP contribution is 2.34. The summed E-state index contributed by atoms with van der Waals surface area (Å²) in [4.78, 5) is 38.4. The van der Waals surface area contributed by atoms with Crippen LogP contribution in [0.2, 0.25) is 5.02 Å². The van der Waals surface area contributed by atoms with E-state index < -0.39 is 17.1 Å². The van der Waals surface area contributed by atoms with Crippen LogP contribution in [-0.2, 0) is 9.59 Å². The van der Waals surface area contributed by atoms with Gasteiger partial charge >= 0.3 is 0 Å². The molecule has 1 aliphatic heterocycles. The zero-order valence-electron chi connectivity index (χ0n) is 15.3. The first-order chi connectivity index (χ1) is 13.9. The molecule has 6 nitrogen and oxygen atoms in total. The van der Waals surface area contributed by atoms with Gasteiger partial charge in [0.15, 0.2) is 0 Å². The Morgan fingerprint density at radius 3 is 2.79 bits per heavy atom. The second kappa shape index (κ2) is 9.47. The summed E-state index contributed by atoms with van der Waals surface area (Å²) >= 11 is 10.1. The molecule has 1 heterocycles. The van der Waals surface area contributed by atoms with Gasteiger partial charge in [-0.15, -0.1) is 0 Å². The normalized spacial score (nSPS) is 15.1. The lowest BCUT2D eigenvalue weighted by Crippen LogP contribution is -2.36. The van der Waals surface area contributed by atoms with Crippen LogP contribution >= 0.6 is 39.3 Å². The van der Waals surface area contributed by atoms with Gasteiger partial charge in [-0.25, -0.2) is 0 Å². The number of benzene rings is 2. The fraction of sp³-hybridized carbons (Fsp3) is 0.150. The standard InChI is InChI=1S/C20H16BrClN2O4S/c1-2-28-16-7-6-13(21)8-12(16)9-17-19(26)24(20(27)29-17)11-18(25)23-15-5-3-4-14(22)10-15/h3-10H,2,11H2,1H3,(H,23,25)/b17-9+. The predicted octanol–water partition coefficient (Wildman–Crippen LogP) is 5.18. The molecule has 0 unspecified atom stereocenters. The number of halogens is 2. The van der Waals surface area contributed by atoms with E-state index in [4.69, 9.17) is 16.3 Å². The number of carbonyl (C=O) groups excluding carboxylic acids is 3. The third-order valence-corrected chi connectivity index (χ3v) is 5.48. The summed E-state index contributed by atoms with van der Waals surface area (Å²) in [6.45, 7) is 1.94. The summed E-state index contributed by atoms with van der Waals surface area (Å²) in [5.74, 6) is -0.418. The minimum Gasteiger partial charge on any atom is -0.493 e. The predicted molar refractivity (Wildman–Crippen MR) is 118 cm³/mol. The van der Waals surface area contributed by atoms with Crippen molar-refractivity contribution in [3.05, 3.63) is 62.4 Å². The molecule has 0 radical (unpaired) electrons. The van der Waals surface area contributed by atoms with Crippen molar-refractivity contribution in [1.82, 2.24) is 4.90 Å². The van der Waals surface area contributed by atoms with Crippen molar-refractivity contribution in [2.45, 2.75) is 6.92 Å². The molecule has 9 heteroatoms. The lowest BCUT2D eigenvalue weighted by atomic mass is 10.2. The average molecular weight is 496 g/mol. The molecule has 1 N–H and O–H groups in total. The number of imide groups is 1. The maximum absolute atomic E-state index is 12.7. The van der Waals surface area contributed by atoms with Crippen molar-refractivity contribution >= 4 is 68.1 Å². The van der Waals surface area contributed by atoms with Crippen molar-refractivity contribution in [3.63, 3.8) is 0 Å². The van der Waals surface area contributed by atoms with Crippen LogP contribution in [0.5, 0.6) is 5.75 Å². The smallest absolute Gasteiger partial charge is 0.294 e. The quantitative estimate of drug-likeness (QED) is 0.559. The number of carbonyl (C=O) groups is 3. The molecule has 0 aromatic heterocycles. The third-order valence-electron chi connectivity index (χ3n) is 3.84. The number of rotatable bonds is 6. The molecule has 0 aliphatic carbocycles. The van der Waals surface area contributed by atoms with E-state index in [2.05, 4.69) is 21.2 Å². The number of amides is 3. The van der Waals surface area contributed by atoms with E-state index in [1.165, 1.54) is 0 Å². The third kappa shape index (κ3) is 5.41. The van der Waals surface area contributed by atoms with Crippen LogP contribution < -0.4 is 10.1 Å². The average Bonchev–Trinajstić information content (AvgIpc) is 2.91. The molecule has 29 heavy (non-hydrogen) atoms. The van der Waals surface area contributed by atoms with Crippen LogP contribution in [0.1, 0.15) is 12.5 Å². The maximum atomic E-state index is 12.7. The molecule has 1 saturated heterocycles. The van der Waals surface area contributed by atoms with E-state index in [1.54, 1.807) is 42.5 Å². The molecule has 3 amide bonds. The van der Waals surface area contributed by atoms with Crippen LogP contribution in [-0.4, -0.2) is 35.1 Å². The molecule has 1 aliphatic rings. The number of ether oxygens (including phenoxy) is 1. The minimum absolute atomic E-state index is 0.226. The number of hydrogen-bond donors (Lipinski definition) is 1. The van der Waals surface area contributed by atoms with Crippen LogP contribution in [0.15, 0.2) is 51.8 Å². The number of hydrogen-bond acceptors (Lipinski definition) is 5. The zero-order chi connectivity index (χ0) is 21.0. The maximum Gasteiger partial charge on any atom is 0.294 e. The summed E-state index contributed by atoms with van der Waals surface area (Å²) in [5.41, 5.74) is 1.15. The Labute approximate surface area is 185 Å². The molecule has 2 aromatic rings. The molecule has 3 rings (SSSR count). The SMILES string of the molecule is CCOc1ccc(Br)cc1/C=C1/SC(=O)N(CC(=O)Nc2cccc(Cl)c2)C1=O. The van der Waals surface area contributed by atoms with E-state index in [0.29, 0.717) is 28.6 Å². The van der Waals surface area contributed by atoms with Crippen molar-refractivity contribution in [2.24, 2.45) is 0 Å². The summed E-state index contributed by atoms with van der Waals surface area (Å²) in [6.07, 6.45) is 1.59. The van der Waals surface area contributed by atoms with Gasteiger partial charge < -0.3 is 10.1 Å². The zero-order valence-corrected chi connectivity index (χ0v) is 18.4. The Kier molecular flexibility index (Phi) is 7.00. The number of nitrogens with zero attached hydrogens (tertiary/aromatic N) is 1. The van der Waals surface area contributed by atoms with Crippen molar-refractivity contribution in [2.75, 3.05) is 18.5 Å². The topological polar surface area (TPSA) is 75.7 Å². The van der Waals surface area contributed by atoms with Gasteiger partial charge in [-0.2, -0.15) is 0 Å². The van der Waals surface area contributed by atoms with E-state index in [9.17, 15) is 14.4 Å². The van der Waals surface area contributed by atoms with Gasteiger partial charge in [-0.05, 0) is 61.2 Å². The van der Waals surface area contributed by atoms with Crippen molar-refractivity contribution in [3.8, 4) is 5.75 Å². The molecule has 0 atom stereocenters. The Morgan fingerprint density at radius 2 is 2.07 bits per heavy atom. The Balaban J connectivity index is 1.75. The van der Waals surface area contributed by atoms with Gasteiger partial charge in [0.05, 0.1) is 11.5 Å². The highest BCUT2D eigenvalue weighted by molar-refractivity contribution is 9.10. The van der Waals surface area contributed by atoms with Crippen molar-refractivity contribution in [1.29, 1.82) is 0 Å². The summed E-state index contributed by atoms with van der Waals surface area (Å²) in [6, 6.07) is 12.0. The van der Waals surface area contributed by atoms with Gasteiger partial charge in [0.2, 0.25) is 5.91 Å². The van der Waals surface area contributed by atoms with Gasteiger partial charge in [0, 0.05) is 20.7 Å². The largest absolute Gasteiger partial charge is 0.493 e. The van der Waals surface area contributed by atoms with Crippen LogP contribution in [0.4, 0.5) is 10.5 Å². The number of thioether (sulfide) groups is 1. The number of nitrogens with one attached hydrogen (secondary N) is 1. The lowest BCUT2D eigenvalue weighted by Gasteiger charge is -2.12. The van der Waals surface area contributed by atoms with Crippen LogP contribution in [0.25, 0.3) is 6.08 Å². The van der Waals surface area contributed by atoms with Gasteiger partial charge in [0.1, 0.15) is 12.3 Å². The van der Waals surface area contributed by atoms with Gasteiger partial charge in [-0.1, -0.05) is 33.6 Å². The summed E-state index contributed by atoms with van der Waals surface area (Å²) in [7, 11) is 0. The minimum atomic E-state index is -0.524. The summed E-state index contributed by atoms with van der Waals surface area (Å²) in [5, 5.41) is 2.59. The monoisotopic (exact) mass is 494 g/mol. The summed E-state index contributed by atoms with van der Waals surface area (Å²) < 4.78 is 6.38. The highest BCUT2D eigenvalue weighted by atomic mass is 79.9. The molecule has 150 valence electrons. The Bertz CT molecular complexity index is 1010. The second-order valence-corrected chi connectivity index (χ2v) is 8.29. The molecular weight excluding hydrogens is 480 g/mol. The molecule has 0 saturated carbocycles. The first kappa shape index (κ1) is 21.4. The molecule has 1 fully saturated rings. The van der Waals surface area contributed by atoms with E-state index in [1.807, 2.05) is 13.0 Å². The van der Waals surface area contributed by atoms with E-state index >= 15 is 0 Å². The molecular formula is C20H16BrClN2O4S. The van der Waals surface area contributed by atoms with E-state index in [-0.39, 0.29) is 11.4 Å². The number of anilines is 1. The van der Waals surface area contributed by atoms with Crippen LogP contribution in [0.3, 0.4) is 0 Å². The van der Waals surface area contributed by atoms with Gasteiger partial charge in [-0.3, -0.25) is 19.3 Å². The van der Waals surface area contributed by atoms with Gasteiger partial charge in [0.25, 0.3) is 11.1 Å².